The maximum Gasteiger partial charge on any atom is 0.141 e. The minimum atomic E-state index is -0.307. The van der Waals surface area contributed by atoms with E-state index in [1.807, 2.05) is 24.3 Å². The maximum atomic E-state index is 13.5. The fourth-order valence-electron chi connectivity index (χ4n) is 2.33. The fraction of sp³-hybridized carbons (Fsp3) is 0.0588. The lowest BCUT2D eigenvalue weighted by Crippen LogP contribution is -1.92. The van der Waals surface area contributed by atoms with Crippen LogP contribution in [-0.4, -0.2) is 4.98 Å². The first kappa shape index (κ1) is 15.1. The van der Waals surface area contributed by atoms with Crippen LogP contribution in [-0.2, 0) is 0 Å². The smallest absolute Gasteiger partial charge is 0.141 e. The standard InChI is InChI=1S/C17H9Br2FN2/c18-17(19)11-4-5-14-15(10-2-1-3-12(20)6-10)8-13(9-21)22-16(14)7-11/h1-8,17H. The molecule has 0 radical (unpaired) electrons. The Bertz CT molecular complexity index is 901. The third-order valence-electron chi connectivity index (χ3n) is 3.34. The lowest BCUT2D eigenvalue weighted by molar-refractivity contribution is 0.628. The molecule has 3 aromatic rings. The van der Waals surface area contributed by atoms with E-state index in [4.69, 9.17) is 0 Å². The van der Waals surface area contributed by atoms with E-state index in [1.165, 1.54) is 12.1 Å². The number of pyridine rings is 1. The molecule has 0 atom stereocenters. The molecule has 108 valence electrons. The highest BCUT2D eigenvalue weighted by molar-refractivity contribution is 9.24. The van der Waals surface area contributed by atoms with Gasteiger partial charge in [-0.3, -0.25) is 0 Å². The highest BCUT2D eigenvalue weighted by Gasteiger charge is 2.11. The van der Waals surface area contributed by atoms with E-state index in [2.05, 4.69) is 42.9 Å². The minimum Gasteiger partial charge on any atom is -0.237 e. The number of rotatable bonds is 2. The molecule has 0 saturated carbocycles. The van der Waals surface area contributed by atoms with Crippen LogP contribution in [0.4, 0.5) is 4.39 Å². The highest BCUT2D eigenvalue weighted by atomic mass is 79.9. The molecule has 0 spiro atoms. The van der Waals surface area contributed by atoms with E-state index in [-0.39, 0.29) is 9.55 Å². The van der Waals surface area contributed by atoms with Crippen molar-refractivity contribution >= 4 is 42.8 Å². The summed E-state index contributed by atoms with van der Waals surface area (Å²) in [5.41, 5.74) is 3.55. The lowest BCUT2D eigenvalue weighted by Gasteiger charge is -2.10. The van der Waals surface area contributed by atoms with Crippen molar-refractivity contribution in [2.45, 2.75) is 3.74 Å². The van der Waals surface area contributed by atoms with Crippen molar-refractivity contribution in [3.63, 3.8) is 0 Å². The molecule has 22 heavy (non-hydrogen) atoms. The van der Waals surface area contributed by atoms with Crippen LogP contribution < -0.4 is 0 Å². The monoisotopic (exact) mass is 418 g/mol. The van der Waals surface area contributed by atoms with Gasteiger partial charge in [0.15, 0.2) is 0 Å². The average Bonchev–Trinajstić information content (AvgIpc) is 2.53. The van der Waals surface area contributed by atoms with Crippen molar-refractivity contribution < 1.29 is 4.39 Å². The van der Waals surface area contributed by atoms with Gasteiger partial charge in [-0.2, -0.15) is 5.26 Å². The van der Waals surface area contributed by atoms with Gasteiger partial charge in [-0.15, -0.1) is 0 Å². The molecule has 0 aliphatic rings. The van der Waals surface area contributed by atoms with Crippen LogP contribution >= 0.6 is 31.9 Å². The van der Waals surface area contributed by atoms with Crippen LogP contribution in [0.2, 0.25) is 0 Å². The van der Waals surface area contributed by atoms with Gasteiger partial charge < -0.3 is 0 Å². The van der Waals surface area contributed by atoms with Gasteiger partial charge in [0, 0.05) is 5.39 Å². The Kier molecular flexibility index (Phi) is 4.23. The van der Waals surface area contributed by atoms with Gasteiger partial charge in [-0.05, 0) is 41.0 Å². The molecule has 0 saturated heterocycles. The summed E-state index contributed by atoms with van der Waals surface area (Å²) in [6, 6.07) is 15.9. The third kappa shape index (κ3) is 2.90. The van der Waals surface area contributed by atoms with Gasteiger partial charge in [0.1, 0.15) is 17.6 Å². The summed E-state index contributed by atoms with van der Waals surface area (Å²) in [5, 5.41) is 10.1. The number of fused-ring (bicyclic) bond motifs is 1. The Morgan fingerprint density at radius 2 is 1.91 bits per heavy atom. The summed E-state index contributed by atoms with van der Waals surface area (Å²) in [6.45, 7) is 0. The Hall–Kier alpha value is -1.77. The first-order chi connectivity index (χ1) is 10.6. The molecule has 1 heterocycles. The molecular formula is C17H9Br2FN2. The van der Waals surface area contributed by atoms with Gasteiger partial charge in [0.2, 0.25) is 0 Å². The van der Waals surface area contributed by atoms with Crippen LogP contribution in [0, 0.1) is 17.1 Å². The van der Waals surface area contributed by atoms with Crippen LogP contribution in [0.1, 0.15) is 15.0 Å². The summed E-state index contributed by atoms with van der Waals surface area (Å²) < 4.78 is 13.5. The largest absolute Gasteiger partial charge is 0.237 e. The number of aromatic nitrogens is 1. The second-order valence-corrected chi connectivity index (χ2v) is 7.81. The zero-order chi connectivity index (χ0) is 15.7. The van der Waals surface area contributed by atoms with Gasteiger partial charge in [-0.1, -0.05) is 56.1 Å². The third-order valence-corrected chi connectivity index (χ3v) is 4.39. The molecule has 0 aliphatic carbocycles. The summed E-state index contributed by atoms with van der Waals surface area (Å²) in [4.78, 5) is 4.35. The van der Waals surface area contributed by atoms with Gasteiger partial charge >= 0.3 is 0 Å². The molecule has 3 rings (SSSR count). The first-order valence-electron chi connectivity index (χ1n) is 6.47. The van der Waals surface area contributed by atoms with Crippen LogP contribution in [0.5, 0.6) is 0 Å². The van der Waals surface area contributed by atoms with Gasteiger partial charge in [-0.25, -0.2) is 9.37 Å². The topological polar surface area (TPSA) is 36.7 Å². The quantitative estimate of drug-likeness (QED) is 0.499. The summed E-state index contributed by atoms with van der Waals surface area (Å²) in [6.07, 6.45) is 0. The SMILES string of the molecule is N#Cc1cc(-c2cccc(F)c2)c2ccc(C(Br)Br)cc2n1. The molecule has 1 aromatic heterocycles. The molecule has 2 nitrogen and oxygen atoms in total. The molecule has 0 amide bonds. The Morgan fingerprint density at radius 3 is 2.59 bits per heavy atom. The molecular weight excluding hydrogens is 411 g/mol. The molecule has 5 heteroatoms. The number of hydrogen-bond donors (Lipinski definition) is 0. The number of benzene rings is 2. The number of halogens is 3. The lowest BCUT2D eigenvalue weighted by atomic mass is 9.99. The molecule has 0 N–H and O–H groups in total. The van der Waals surface area contributed by atoms with Crippen molar-refractivity contribution in [1.82, 2.24) is 4.98 Å². The second kappa shape index (κ2) is 6.15. The van der Waals surface area contributed by atoms with E-state index in [0.29, 0.717) is 11.2 Å². The molecule has 0 fully saturated rings. The average molecular weight is 420 g/mol. The van der Waals surface area contributed by atoms with Crippen LogP contribution in [0.3, 0.4) is 0 Å². The van der Waals surface area contributed by atoms with E-state index >= 15 is 0 Å². The van der Waals surface area contributed by atoms with Crippen molar-refractivity contribution in [2.75, 3.05) is 0 Å². The predicted octanol–water partition coefficient (Wildman–Crippen LogP) is 5.70. The van der Waals surface area contributed by atoms with Crippen molar-refractivity contribution in [3.8, 4) is 17.2 Å². The van der Waals surface area contributed by atoms with Crippen LogP contribution in [0.15, 0.2) is 48.5 Å². The van der Waals surface area contributed by atoms with Gasteiger partial charge in [0.05, 0.1) is 9.25 Å². The minimum absolute atomic E-state index is 0.00885. The van der Waals surface area contributed by atoms with Crippen molar-refractivity contribution in [1.29, 1.82) is 5.26 Å². The number of hydrogen-bond acceptors (Lipinski definition) is 2. The van der Waals surface area contributed by atoms with E-state index in [1.54, 1.807) is 12.1 Å². The van der Waals surface area contributed by atoms with E-state index < -0.39 is 0 Å². The normalized spacial score (nSPS) is 10.9. The molecule has 0 bridgehead atoms. The summed E-state index contributed by atoms with van der Waals surface area (Å²) >= 11 is 6.90. The Labute approximate surface area is 143 Å². The Balaban J connectivity index is 2.31. The molecule has 0 unspecified atom stereocenters. The van der Waals surface area contributed by atoms with Crippen LogP contribution in [0.25, 0.3) is 22.0 Å². The molecule has 2 aromatic carbocycles. The van der Waals surface area contributed by atoms with E-state index in [9.17, 15) is 9.65 Å². The predicted molar refractivity (Wildman–Crippen MR) is 92.4 cm³/mol. The number of nitriles is 1. The highest BCUT2D eigenvalue weighted by Crippen LogP contribution is 2.34. The zero-order valence-corrected chi connectivity index (χ0v) is 14.4. The maximum absolute atomic E-state index is 13.5. The number of nitrogens with zero attached hydrogens (tertiary/aromatic N) is 2. The Morgan fingerprint density at radius 1 is 1.09 bits per heavy atom. The summed E-state index contributed by atoms with van der Waals surface area (Å²) in [5.74, 6) is -0.307. The molecule has 0 aliphatic heterocycles. The van der Waals surface area contributed by atoms with Gasteiger partial charge in [0.25, 0.3) is 0 Å². The first-order valence-corrected chi connectivity index (χ1v) is 8.30. The fourth-order valence-corrected chi connectivity index (χ4v) is 2.90. The number of alkyl halides is 2. The van der Waals surface area contributed by atoms with E-state index in [0.717, 1.165) is 22.1 Å². The van der Waals surface area contributed by atoms with Crippen molar-refractivity contribution in [2.24, 2.45) is 0 Å². The second-order valence-electron chi connectivity index (χ2n) is 4.75. The zero-order valence-electron chi connectivity index (χ0n) is 11.2. The summed E-state index contributed by atoms with van der Waals surface area (Å²) in [7, 11) is 0. The van der Waals surface area contributed by atoms with Crippen molar-refractivity contribution in [3.05, 3.63) is 65.6 Å².